The van der Waals surface area contributed by atoms with Crippen LogP contribution in [0.4, 0.5) is 14.6 Å². The fraction of sp³-hybridized carbons (Fsp3) is 0.273. The van der Waals surface area contributed by atoms with Crippen LogP contribution in [0.1, 0.15) is 10.4 Å². The van der Waals surface area contributed by atoms with Crippen molar-refractivity contribution in [3.63, 3.8) is 0 Å². The van der Waals surface area contributed by atoms with Gasteiger partial charge in [0.25, 0.3) is 0 Å². The van der Waals surface area contributed by atoms with Crippen LogP contribution >= 0.6 is 0 Å². The molecule has 0 bridgehead atoms. The van der Waals surface area contributed by atoms with E-state index >= 15 is 0 Å². The van der Waals surface area contributed by atoms with Gasteiger partial charge in [0, 0.05) is 19.0 Å². The van der Waals surface area contributed by atoms with Crippen LogP contribution in [0.3, 0.4) is 0 Å². The summed E-state index contributed by atoms with van der Waals surface area (Å²) in [6.07, 6.45) is -2.38. The van der Waals surface area contributed by atoms with Gasteiger partial charge >= 0.3 is 12.3 Å². The maximum absolute atomic E-state index is 12.6. The van der Waals surface area contributed by atoms with Gasteiger partial charge in [-0.2, -0.15) is 0 Å². The molecule has 8 heteroatoms. The van der Waals surface area contributed by atoms with E-state index in [0.29, 0.717) is 0 Å². The van der Waals surface area contributed by atoms with Gasteiger partial charge in [0.15, 0.2) is 0 Å². The van der Waals surface area contributed by atoms with Crippen molar-refractivity contribution < 1.29 is 28.2 Å². The smallest absolute Gasteiger partial charge is 0.478 e. The summed E-state index contributed by atoms with van der Waals surface area (Å²) in [5, 5.41) is 11.4. The van der Waals surface area contributed by atoms with E-state index in [2.05, 4.69) is 26.4 Å². The molecule has 1 rings (SSSR count). The first kappa shape index (κ1) is 15.0. The molecule has 0 saturated heterocycles. The number of carboxylic acids is 1. The van der Waals surface area contributed by atoms with E-state index in [1.165, 1.54) is 18.3 Å². The van der Waals surface area contributed by atoms with Gasteiger partial charge in [-0.3, -0.25) is 9.47 Å². The maximum Gasteiger partial charge on any atom is 0.485 e. The average Bonchev–Trinajstić information content (AvgIpc) is 2.37. The SMILES string of the molecule is C=C(COC(F)(F)OC)Nc1ncccc1C(=O)O. The van der Waals surface area contributed by atoms with E-state index in [1.54, 1.807) is 0 Å². The number of anilines is 1. The Morgan fingerprint density at radius 3 is 2.89 bits per heavy atom. The third-order valence-corrected chi connectivity index (χ3v) is 1.99. The van der Waals surface area contributed by atoms with E-state index in [9.17, 15) is 13.6 Å². The molecule has 0 aliphatic rings. The fourth-order valence-electron chi connectivity index (χ4n) is 1.11. The molecule has 1 aromatic rings. The zero-order valence-corrected chi connectivity index (χ0v) is 10.0. The minimum Gasteiger partial charge on any atom is -0.478 e. The monoisotopic (exact) mass is 274 g/mol. The van der Waals surface area contributed by atoms with Gasteiger partial charge in [-0.25, -0.2) is 9.78 Å². The van der Waals surface area contributed by atoms with Crippen molar-refractivity contribution >= 4 is 11.8 Å². The molecule has 0 spiro atoms. The molecule has 19 heavy (non-hydrogen) atoms. The molecule has 0 atom stereocenters. The first-order chi connectivity index (χ1) is 8.85. The van der Waals surface area contributed by atoms with Gasteiger partial charge in [-0.1, -0.05) is 6.58 Å². The highest BCUT2D eigenvalue weighted by molar-refractivity contribution is 5.93. The number of ether oxygens (including phenoxy) is 2. The number of carbonyl (C=O) groups is 1. The Kier molecular flexibility index (Phi) is 4.90. The van der Waals surface area contributed by atoms with Crippen molar-refractivity contribution in [1.82, 2.24) is 4.98 Å². The summed E-state index contributed by atoms with van der Waals surface area (Å²) in [5.74, 6) is -1.21. The van der Waals surface area contributed by atoms with Crippen molar-refractivity contribution in [1.29, 1.82) is 0 Å². The molecule has 0 saturated carbocycles. The predicted octanol–water partition coefficient (Wildman–Crippen LogP) is 1.92. The minimum absolute atomic E-state index is 0.00988. The molecule has 0 aliphatic carbocycles. The summed E-state index contributed by atoms with van der Waals surface area (Å²) in [6, 6.07) is 2.75. The largest absolute Gasteiger partial charge is 0.485 e. The molecule has 0 aliphatic heterocycles. The van der Waals surface area contributed by atoms with E-state index in [4.69, 9.17) is 5.11 Å². The van der Waals surface area contributed by atoms with Crippen molar-refractivity contribution in [2.45, 2.75) is 6.29 Å². The average molecular weight is 274 g/mol. The third kappa shape index (κ3) is 4.60. The van der Waals surface area contributed by atoms with Gasteiger partial charge in [0.2, 0.25) is 0 Å². The van der Waals surface area contributed by atoms with Crippen LogP contribution in [0.2, 0.25) is 0 Å². The molecular weight excluding hydrogens is 262 g/mol. The number of carboxylic acid groups (broad SMARTS) is 1. The van der Waals surface area contributed by atoms with E-state index in [0.717, 1.165) is 7.11 Å². The standard InChI is InChI=1S/C11H12F2N2O4/c1-7(6-19-11(12,13)18-2)15-9-8(10(16)17)4-3-5-14-9/h3-5H,1,6H2,2H3,(H,14,15)(H,16,17). The normalized spacial score (nSPS) is 11.1. The molecule has 1 heterocycles. The number of aromatic nitrogens is 1. The Labute approximate surface area is 107 Å². The molecule has 0 fully saturated rings. The number of halogens is 2. The molecule has 6 nitrogen and oxygen atoms in total. The summed E-state index contributed by atoms with van der Waals surface area (Å²) in [5.41, 5.74) is -0.0972. The second kappa shape index (κ2) is 6.21. The number of nitrogens with zero attached hydrogens (tertiary/aromatic N) is 1. The van der Waals surface area contributed by atoms with Gasteiger partial charge < -0.3 is 10.4 Å². The molecule has 1 aromatic heterocycles. The lowest BCUT2D eigenvalue weighted by Crippen LogP contribution is -2.25. The van der Waals surface area contributed by atoms with Crippen LogP contribution in [0.25, 0.3) is 0 Å². The van der Waals surface area contributed by atoms with Crippen molar-refractivity contribution in [2.24, 2.45) is 0 Å². The van der Waals surface area contributed by atoms with Crippen LogP contribution in [0.5, 0.6) is 0 Å². The van der Waals surface area contributed by atoms with Gasteiger partial charge in [-0.15, -0.1) is 8.78 Å². The second-order valence-corrected chi connectivity index (χ2v) is 3.39. The van der Waals surface area contributed by atoms with E-state index < -0.39 is 18.9 Å². The number of aromatic carboxylic acids is 1. The summed E-state index contributed by atoms with van der Waals surface area (Å²) in [7, 11) is 0.789. The number of hydrogen-bond donors (Lipinski definition) is 2. The number of alkyl halides is 2. The third-order valence-electron chi connectivity index (χ3n) is 1.99. The highest BCUT2D eigenvalue weighted by atomic mass is 19.3. The summed E-state index contributed by atoms with van der Waals surface area (Å²) in [6.45, 7) is 2.86. The summed E-state index contributed by atoms with van der Waals surface area (Å²) >= 11 is 0. The van der Waals surface area contributed by atoms with Gasteiger partial charge in [0.1, 0.15) is 11.4 Å². The molecule has 0 aromatic carbocycles. The number of pyridine rings is 1. The minimum atomic E-state index is -3.73. The van der Waals surface area contributed by atoms with Crippen LogP contribution < -0.4 is 5.32 Å². The fourth-order valence-corrected chi connectivity index (χ4v) is 1.11. The maximum atomic E-state index is 12.6. The zero-order valence-electron chi connectivity index (χ0n) is 10.0. The van der Waals surface area contributed by atoms with Crippen LogP contribution in [-0.2, 0) is 9.47 Å². The van der Waals surface area contributed by atoms with Crippen molar-refractivity contribution in [3.05, 3.63) is 36.2 Å². The second-order valence-electron chi connectivity index (χ2n) is 3.39. The lowest BCUT2D eigenvalue weighted by atomic mass is 10.2. The summed E-state index contributed by atoms with van der Waals surface area (Å²) in [4.78, 5) is 14.7. The lowest BCUT2D eigenvalue weighted by molar-refractivity contribution is -0.379. The van der Waals surface area contributed by atoms with Crippen molar-refractivity contribution in [3.8, 4) is 0 Å². The summed E-state index contributed by atoms with van der Waals surface area (Å²) < 4.78 is 33.2. The number of methoxy groups -OCH3 is 1. The van der Waals surface area contributed by atoms with Crippen molar-refractivity contribution in [2.75, 3.05) is 19.0 Å². The highest BCUT2D eigenvalue weighted by Gasteiger charge is 2.30. The molecule has 0 amide bonds. The first-order valence-electron chi connectivity index (χ1n) is 5.06. The zero-order chi connectivity index (χ0) is 14.5. The van der Waals surface area contributed by atoms with Crippen LogP contribution in [0, 0.1) is 0 Å². The molecule has 0 radical (unpaired) electrons. The van der Waals surface area contributed by atoms with Crippen LogP contribution in [-0.4, -0.2) is 36.1 Å². The van der Waals surface area contributed by atoms with E-state index in [-0.39, 0.29) is 17.1 Å². The van der Waals surface area contributed by atoms with Crippen LogP contribution in [0.15, 0.2) is 30.6 Å². The van der Waals surface area contributed by atoms with Gasteiger partial charge in [-0.05, 0) is 12.1 Å². The Morgan fingerprint density at radius 2 is 2.32 bits per heavy atom. The predicted molar refractivity (Wildman–Crippen MR) is 61.9 cm³/mol. The van der Waals surface area contributed by atoms with Gasteiger partial charge in [0.05, 0.1) is 6.61 Å². The first-order valence-corrected chi connectivity index (χ1v) is 5.06. The lowest BCUT2D eigenvalue weighted by Gasteiger charge is -2.16. The molecule has 2 N–H and O–H groups in total. The highest BCUT2D eigenvalue weighted by Crippen LogP contribution is 2.18. The Balaban J connectivity index is 2.65. The van der Waals surface area contributed by atoms with E-state index in [1.807, 2.05) is 0 Å². The topological polar surface area (TPSA) is 80.7 Å². The number of nitrogens with one attached hydrogen (secondary N) is 1. The number of rotatable bonds is 7. The molecule has 0 unspecified atom stereocenters. The quantitative estimate of drug-likeness (QED) is 0.739. The Bertz CT molecular complexity index is 480. The Morgan fingerprint density at radius 1 is 1.63 bits per heavy atom. The Hall–Kier alpha value is -2.06. The molecule has 104 valence electrons. The number of hydrogen-bond acceptors (Lipinski definition) is 5. The molecular formula is C11H12F2N2O4.